The molecule has 2 N–H and O–H groups in total. The molecule has 1 aromatic heterocycles. The Balaban J connectivity index is 1.73. The summed E-state index contributed by atoms with van der Waals surface area (Å²) in [5.41, 5.74) is 2.65. The van der Waals surface area contributed by atoms with E-state index in [0.29, 0.717) is 17.8 Å². The van der Waals surface area contributed by atoms with E-state index in [1.54, 1.807) is 40.3 Å². The molecule has 1 unspecified atom stereocenters. The van der Waals surface area contributed by atoms with Gasteiger partial charge >= 0.3 is 5.69 Å². The van der Waals surface area contributed by atoms with Gasteiger partial charge in [0.2, 0.25) is 15.9 Å². The number of benzene rings is 2. The lowest BCUT2D eigenvalue weighted by Crippen LogP contribution is -2.30. The Morgan fingerprint density at radius 1 is 1.00 bits per heavy atom. The first-order valence-corrected chi connectivity index (χ1v) is 12.1. The molecule has 1 atom stereocenters. The Hall–Kier alpha value is -3.07. The number of anilines is 1. The molecule has 0 saturated carbocycles. The van der Waals surface area contributed by atoms with Crippen LogP contribution in [0.2, 0.25) is 0 Å². The molecule has 1 amide bonds. The van der Waals surface area contributed by atoms with Crippen molar-refractivity contribution in [2.45, 2.75) is 45.8 Å². The second-order valence-corrected chi connectivity index (χ2v) is 9.32. The van der Waals surface area contributed by atoms with Gasteiger partial charge in [0.25, 0.3) is 0 Å². The Morgan fingerprint density at radius 3 is 2.19 bits per heavy atom. The second kappa shape index (κ2) is 9.38. The molecule has 31 heavy (non-hydrogen) atoms. The Bertz CT molecular complexity index is 1240. The quantitative estimate of drug-likeness (QED) is 0.530. The van der Waals surface area contributed by atoms with Crippen molar-refractivity contribution in [1.29, 1.82) is 0 Å². The largest absolute Gasteiger partial charge is 0.349 e. The van der Waals surface area contributed by atoms with Crippen LogP contribution < -0.4 is 15.7 Å². The smallest absolute Gasteiger partial charge is 0.329 e. The van der Waals surface area contributed by atoms with Gasteiger partial charge in [-0.15, -0.1) is 0 Å². The van der Waals surface area contributed by atoms with Crippen molar-refractivity contribution >= 4 is 32.7 Å². The summed E-state index contributed by atoms with van der Waals surface area (Å²) >= 11 is 0. The molecule has 166 valence electrons. The van der Waals surface area contributed by atoms with Crippen LogP contribution in [0.3, 0.4) is 0 Å². The number of sulfonamides is 1. The van der Waals surface area contributed by atoms with Crippen LogP contribution in [0.5, 0.6) is 0 Å². The van der Waals surface area contributed by atoms with E-state index in [9.17, 15) is 18.0 Å². The summed E-state index contributed by atoms with van der Waals surface area (Å²) < 4.78 is 29.1. The average molecular weight is 445 g/mol. The maximum atomic E-state index is 12.8. The number of rotatable bonds is 9. The minimum Gasteiger partial charge on any atom is -0.349 e. The lowest BCUT2D eigenvalue weighted by Gasteiger charge is -2.18. The number of imidazole rings is 1. The predicted molar refractivity (Wildman–Crippen MR) is 123 cm³/mol. The van der Waals surface area contributed by atoms with Gasteiger partial charge in [-0.25, -0.2) is 13.2 Å². The number of hydrogen-bond acceptors (Lipinski definition) is 4. The van der Waals surface area contributed by atoms with Crippen LogP contribution in [0.15, 0.2) is 53.3 Å². The molecule has 0 aliphatic rings. The molecular formula is C22H28N4O4S. The molecule has 3 aromatic rings. The first-order chi connectivity index (χ1) is 14.7. The lowest BCUT2D eigenvalue weighted by atomic mass is 10.1. The van der Waals surface area contributed by atoms with Gasteiger partial charge in [0.05, 0.1) is 29.0 Å². The molecule has 3 rings (SSSR count). The minimum atomic E-state index is -3.44. The zero-order valence-corrected chi connectivity index (χ0v) is 18.8. The highest BCUT2D eigenvalue weighted by Gasteiger charge is 2.17. The van der Waals surface area contributed by atoms with Gasteiger partial charge in [-0.2, -0.15) is 0 Å². The zero-order chi connectivity index (χ0) is 22.6. The van der Waals surface area contributed by atoms with Gasteiger partial charge in [0.15, 0.2) is 0 Å². The molecule has 8 nitrogen and oxygen atoms in total. The number of carbonyl (C=O) groups excluding carboxylic acids is 1. The van der Waals surface area contributed by atoms with Gasteiger partial charge in [-0.1, -0.05) is 37.3 Å². The number of aryl methyl sites for hydroxylation is 2. The third-order valence-electron chi connectivity index (χ3n) is 5.03. The first kappa shape index (κ1) is 22.6. The molecule has 1 heterocycles. The standard InChI is InChI=1S/C22H28N4O4S/c1-4-14-25-19-11-7-8-12-20(19)26(22(25)28)15-13-21(27)23-16(2)17-9-5-6-10-18(17)24-31(3,29)30/h5-12,16,24H,4,13-15H2,1-3H3,(H,23,27). The van der Waals surface area contributed by atoms with Gasteiger partial charge in [-0.3, -0.25) is 18.7 Å². The third-order valence-corrected chi connectivity index (χ3v) is 5.63. The van der Waals surface area contributed by atoms with E-state index in [4.69, 9.17) is 0 Å². The minimum absolute atomic E-state index is 0.119. The fourth-order valence-corrected chi connectivity index (χ4v) is 4.29. The van der Waals surface area contributed by atoms with Crippen LogP contribution in [0.4, 0.5) is 5.69 Å². The van der Waals surface area contributed by atoms with Crippen molar-refractivity contribution in [3.05, 3.63) is 64.6 Å². The van der Waals surface area contributed by atoms with E-state index in [2.05, 4.69) is 10.0 Å². The highest BCUT2D eigenvalue weighted by molar-refractivity contribution is 7.92. The van der Waals surface area contributed by atoms with E-state index in [1.165, 1.54) is 0 Å². The van der Waals surface area contributed by atoms with Crippen LogP contribution in [-0.2, 0) is 27.9 Å². The monoisotopic (exact) mass is 444 g/mol. The van der Waals surface area contributed by atoms with Crippen LogP contribution >= 0.6 is 0 Å². The molecule has 9 heteroatoms. The second-order valence-electron chi connectivity index (χ2n) is 7.58. The normalized spacial score (nSPS) is 12.6. The van der Waals surface area contributed by atoms with Crippen molar-refractivity contribution in [2.75, 3.05) is 11.0 Å². The fraction of sp³-hybridized carbons (Fsp3) is 0.364. The van der Waals surface area contributed by atoms with E-state index < -0.39 is 16.1 Å². The number of amides is 1. The number of hydrogen-bond donors (Lipinski definition) is 2. The Morgan fingerprint density at radius 2 is 1.58 bits per heavy atom. The molecule has 0 spiro atoms. The van der Waals surface area contributed by atoms with Crippen LogP contribution in [0.1, 0.15) is 38.3 Å². The van der Waals surface area contributed by atoms with E-state index in [-0.39, 0.29) is 24.6 Å². The lowest BCUT2D eigenvalue weighted by molar-refractivity contribution is -0.121. The van der Waals surface area contributed by atoms with Crippen molar-refractivity contribution in [1.82, 2.24) is 14.5 Å². The van der Waals surface area contributed by atoms with E-state index in [1.807, 2.05) is 31.2 Å². The van der Waals surface area contributed by atoms with Crippen LogP contribution in [0, 0.1) is 0 Å². The van der Waals surface area contributed by atoms with Crippen molar-refractivity contribution in [3.63, 3.8) is 0 Å². The average Bonchev–Trinajstić information content (AvgIpc) is 2.97. The number of para-hydroxylation sites is 3. The number of aromatic nitrogens is 2. The highest BCUT2D eigenvalue weighted by atomic mass is 32.2. The van der Waals surface area contributed by atoms with Gasteiger partial charge < -0.3 is 5.32 Å². The van der Waals surface area contributed by atoms with Crippen molar-refractivity contribution < 1.29 is 13.2 Å². The van der Waals surface area contributed by atoms with E-state index in [0.717, 1.165) is 23.7 Å². The number of nitrogens with one attached hydrogen (secondary N) is 2. The SMILES string of the molecule is CCCn1c(=O)n(CCC(=O)NC(C)c2ccccc2NS(C)(=O)=O)c2ccccc21. The molecule has 0 radical (unpaired) electrons. The van der Waals surface area contributed by atoms with Crippen LogP contribution in [0.25, 0.3) is 11.0 Å². The van der Waals surface area contributed by atoms with Gasteiger partial charge in [0.1, 0.15) is 0 Å². The van der Waals surface area contributed by atoms with Gasteiger partial charge in [-0.05, 0) is 37.1 Å². The zero-order valence-electron chi connectivity index (χ0n) is 18.0. The van der Waals surface area contributed by atoms with Crippen LogP contribution in [-0.4, -0.2) is 29.7 Å². The maximum absolute atomic E-state index is 12.8. The molecule has 0 bridgehead atoms. The molecule has 0 fully saturated rings. The molecular weight excluding hydrogens is 416 g/mol. The summed E-state index contributed by atoms with van der Waals surface area (Å²) in [5, 5.41) is 2.90. The highest BCUT2D eigenvalue weighted by Crippen LogP contribution is 2.23. The number of carbonyl (C=O) groups is 1. The summed E-state index contributed by atoms with van der Waals surface area (Å²) in [7, 11) is -3.44. The summed E-state index contributed by atoms with van der Waals surface area (Å²) in [6.45, 7) is 4.70. The summed E-state index contributed by atoms with van der Waals surface area (Å²) in [4.78, 5) is 25.4. The maximum Gasteiger partial charge on any atom is 0.329 e. The topological polar surface area (TPSA) is 102 Å². The molecule has 0 aliphatic carbocycles. The van der Waals surface area contributed by atoms with Crippen molar-refractivity contribution in [2.24, 2.45) is 0 Å². The van der Waals surface area contributed by atoms with Crippen molar-refractivity contribution in [3.8, 4) is 0 Å². The number of fused-ring (bicyclic) bond motifs is 1. The third kappa shape index (κ3) is 5.35. The predicted octanol–water partition coefficient (Wildman–Crippen LogP) is 2.85. The molecule has 0 saturated heterocycles. The Kier molecular flexibility index (Phi) is 6.84. The summed E-state index contributed by atoms with van der Waals surface area (Å²) in [5.74, 6) is -0.221. The number of nitrogens with zero attached hydrogens (tertiary/aromatic N) is 2. The van der Waals surface area contributed by atoms with Gasteiger partial charge in [0, 0.05) is 19.5 Å². The summed E-state index contributed by atoms with van der Waals surface area (Å²) in [6, 6.07) is 14.1. The summed E-state index contributed by atoms with van der Waals surface area (Å²) in [6.07, 6.45) is 2.05. The molecule has 0 aliphatic heterocycles. The Labute approximate surface area is 181 Å². The first-order valence-electron chi connectivity index (χ1n) is 10.3. The molecule has 2 aromatic carbocycles. The van der Waals surface area contributed by atoms with E-state index >= 15 is 0 Å². The fourth-order valence-electron chi connectivity index (χ4n) is 3.70.